The average Bonchev–Trinajstić information content (AvgIpc) is 3.15. The van der Waals surface area contributed by atoms with Crippen LogP contribution in [0.1, 0.15) is 13.3 Å². The molecule has 2 aromatic rings. The van der Waals surface area contributed by atoms with E-state index in [4.69, 9.17) is 4.74 Å². The summed E-state index contributed by atoms with van der Waals surface area (Å²) >= 11 is 0. The molecule has 28 heavy (non-hydrogen) atoms. The molecule has 0 aliphatic carbocycles. The minimum atomic E-state index is -0.462. The Kier molecular flexibility index (Phi) is 5.75. The molecule has 1 saturated heterocycles. The summed E-state index contributed by atoms with van der Waals surface area (Å²) in [5.74, 6) is -0.415. The minimum Gasteiger partial charge on any atom is -0.441 e. The second kappa shape index (κ2) is 8.40. The van der Waals surface area contributed by atoms with Crippen molar-refractivity contribution in [2.75, 3.05) is 11.6 Å². The summed E-state index contributed by atoms with van der Waals surface area (Å²) in [4.78, 5) is 21.8. The molecular weight excluding hydrogens is 362 g/mol. The zero-order valence-corrected chi connectivity index (χ0v) is 15.2. The molecule has 0 spiro atoms. The van der Waals surface area contributed by atoms with Crippen LogP contribution in [-0.4, -0.2) is 23.7 Å². The number of carbonyl (C=O) groups is 1. The van der Waals surface area contributed by atoms with Crippen LogP contribution in [0, 0.1) is 10.1 Å². The number of hydrogen-bond donors (Lipinski definition) is 1. The van der Waals surface area contributed by atoms with Crippen molar-refractivity contribution in [3.05, 3.63) is 70.8 Å². The first kappa shape index (κ1) is 19.2. The zero-order chi connectivity index (χ0) is 20.1. The number of azo groups is 1. The van der Waals surface area contributed by atoms with Crippen LogP contribution in [0.25, 0.3) is 0 Å². The number of non-ortho nitro benzene ring substituents is 1. The molecule has 144 valence electrons. The molecule has 0 unspecified atom stereocenters. The van der Waals surface area contributed by atoms with E-state index in [1.165, 1.54) is 24.3 Å². The van der Waals surface area contributed by atoms with Crippen molar-refractivity contribution in [2.45, 2.75) is 19.6 Å². The van der Waals surface area contributed by atoms with Gasteiger partial charge in [0.2, 0.25) is 0 Å². The van der Waals surface area contributed by atoms with E-state index in [1.54, 1.807) is 19.1 Å². The molecule has 1 atom stereocenters. The normalized spacial score (nSPS) is 16.3. The smallest absolute Gasteiger partial charge is 0.334 e. The van der Waals surface area contributed by atoms with Gasteiger partial charge in [0.1, 0.15) is 0 Å². The molecule has 9 heteroatoms. The molecular formula is C19H19N5O4. The van der Waals surface area contributed by atoms with E-state index in [2.05, 4.69) is 22.2 Å². The van der Waals surface area contributed by atoms with Gasteiger partial charge in [0.25, 0.3) is 5.69 Å². The van der Waals surface area contributed by atoms with Crippen LogP contribution in [0.3, 0.4) is 0 Å². The van der Waals surface area contributed by atoms with Gasteiger partial charge in [-0.05, 0) is 43.3 Å². The van der Waals surface area contributed by atoms with Crippen molar-refractivity contribution in [2.24, 2.45) is 10.2 Å². The Bertz CT molecular complexity index is 909. The first-order valence-corrected chi connectivity index (χ1v) is 8.59. The maximum atomic E-state index is 11.6. The second-order valence-corrected chi connectivity index (χ2v) is 6.23. The number of nitrogens with zero attached hydrogens (tertiary/aromatic N) is 4. The van der Waals surface area contributed by atoms with Gasteiger partial charge in [-0.15, -0.1) is 0 Å². The van der Waals surface area contributed by atoms with Crippen molar-refractivity contribution >= 4 is 28.7 Å². The number of benzene rings is 2. The Morgan fingerprint density at radius 3 is 2.29 bits per heavy atom. The number of nitro benzene ring substituents is 1. The highest BCUT2D eigenvalue weighted by Gasteiger charge is 2.25. The SMILES string of the molecule is C=C(C)C(=O)O[C@@H]1CCN(c2ccc(N=Nc3ccc([N+](=O)[O-])cc3)cc2)N1. The molecule has 9 nitrogen and oxygen atoms in total. The maximum absolute atomic E-state index is 11.6. The summed E-state index contributed by atoms with van der Waals surface area (Å²) in [5.41, 5.74) is 5.57. The third-order valence-corrected chi connectivity index (χ3v) is 4.02. The van der Waals surface area contributed by atoms with Gasteiger partial charge in [0.15, 0.2) is 6.23 Å². The number of nitro groups is 1. The topological polar surface area (TPSA) is 109 Å². The number of rotatable bonds is 6. The van der Waals surface area contributed by atoms with E-state index in [1.807, 2.05) is 17.1 Å². The van der Waals surface area contributed by atoms with Crippen LogP contribution in [0.5, 0.6) is 0 Å². The molecule has 2 aromatic carbocycles. The van der Waals surface area contributed by atoms with E-state index in [-0.39, 0.29) is 11.9 Å². The van der Waals surface area contributed by atoms with Crippen LogP contribution >= 0.6 is 0 Å². The van der Waals surface area contributed by atoms with Crippen molar-refractivity contribution in [1.82, 2.24) is 5.43 Å². The number of anilines is 1. The lowest BCUT2D eigenvalue weighted by Gasteiger charge is -2.20. The fraction of sp³-hybridized carbons (Fsp3) is 0.211. The van der Waals surface area contributed by atoms with Crippen molar-refractivity contribution in [1.29, 1.82) is 0 Å². The van der Waals surface area contributed by atoms with Crippen molar-refractivity contribution in [3.63, 3.8) is 0 Å². The van der Waals surface area contributed by atoms with Gasteiger partial charge in [-0.3, -0.25) is 10.1 Å². The summed E-state index contributed by atoms with van der Waals surface area (Å²) in [7, 11) is 0. The molecule has 1 aliphatic heterocycles. The summed E-state index contributed by atoms with van der Waals surface area (Å²) < 4.78 is 5.29. The first-order valence-electron chi connectivity index (χ1n) is 8.59. The van der Waals surface area contributed by atoms with Crippen LogP contribution in [0.4, 0.5) is 22.7 Å². The van der Waals surface area contributed by atoms with E-state index in [9.17, 15) is 14.9 Å². The molecule has 0 aromatic heterocycles. The molecule has 1 aliphatic rings. The summed E-state index contributed by atoms with van der Waals surface area (Å²) in [6.45, 7) is 5.87. The molecule has 0 amide bonds. The van der Waals surface area contributed by atoms with E-state index < -0.39 is 10.9 Å². The summed E-state index contributed by atoms with van der Waals surface area (Å²) in [5, 5.41) is 20.7. The van der Waals surface area contributed by atoms with Crippen LogP contribution in [0.2, 0.25) is 0 Å². The van der Waals surface area contributed by atoms with Gasteiger partial charge in [-0.25, -0.2) is 4.79 Å². The fourth-order valence-electron chi connectivity index (χ4n) is 2.52. The van der Waals surface area contributed by atoms with Crippen LogP contribution < -0.4 is 10.4 Å². The van der Waals surface area contributed by atoms with Crippen molar-refractivity contribution < 1.29 is 14.5 Å². The lowest BCUT2D eigenvalue weighted by molar-refractivity contribution is -0.384. The van der Waals surface area contributed by atoms with Crippen molar-refractivity contribution in [3.8, 4) is 0 Å². The number of hydrogen-bond acceptors (Lipinski definition) is 8. The Morgan fingerprint density at radius 2 is 1.75 bits per heavy atom. The number of ether oxygens (including phenoxy) is 1. The van der Waals surface area contributed by atoms with Gasteiger partial charge in [-0.2, -0.15) is 15.7 Å². The predicted molar refractivity (Wildman–Crippen MR) is 104 cm³/mol. The van der Waals surface area contributed by atoms with Crippen LogP contribution in [-0.2, 0) is 9.53 Å². The lowest BCUT2D eigenvalue weighted by atomic mass is 10.3. The highest BCUT2D eigenvalue weighted by molar-refractivity contribution is 5.87. The minimum absolute atomic E-state index is 0.00801. The third kappa shape index (κ3) is 4.77. The Hall–Kier alpha value is -3.59. The van der Waals surface area contributed by atoms with Crippen LogP contribution in [0.15, 0.2) is 70.9 Å². The third-order valence-electron chi connectivity index (χ3n) is 4.02. The Balaban J connectivity index is 1.58. The molecule has 1 fully saturated rings. The van der Waals surface area contributed by atoms with Gasteiger partial charge < -0.3 is 9.75 Å². The first-order chi connectivity index (χ1) is 13.4. The van der Waals surface area contributed by atoms with Gasteiger partial charge in [0, 0.05) is 30.7 Å². The molecule has 0 radical (unpaired) electrons. The highest BCUT2D eigenvalue weighted by Crippen LogP contribution is 2.24. The summed E-state index contributed by atoms with van der Waals surface area (Å²) in [6.07, 6.45) is 0.284. The van der Waals surface area contributed by atoms with E-state index in [0.717, 1.165) is 5.69 Å². The lowest BCUT2D eigenvalue weighted by Crippen LogP contribution is -2.37. The molecule has 0 bridgehead atoms. The fourth-order valence-corrected chi connectivity index (χ4v) is 2.52. The quantitative estimate of drug-likeness (QED) is 0.264. The molecule has 0 saturated carbocycles. The number of nitrogens with one attached hydrogen (secondary N) is 1. The monoisotopic (exact) mass is 381 g/mol. The zero-order valence-electron chi connectivity index (χ0n) is 15.2. The van der Waals surface area contributed by atoms with Gasteiger partial charge >= 0.3 is 5.97 Å². The average molecular weight is 381 g/mol. The van der Waals surface area contributed by atoms with E-state index >= 15 is 0 Å². The predicted octanol–water partition coefficient (Wildman–Crippen LogP) is 4.17. The standard InChI is InChI=1S/C19H19N5O4/c1-13(2)19(25)28-18-11-12-23(22-18)16-7-3-14(4-8-16)20-21-15-5-9-17(10-6-15)24(26)27/h3-10,18,22H,1,11-12H2,2H3/t18-/m1/s1. The largest absolute Gasteiger partial charge is 0.441 e. The number of hydrazine groups is 1. The van der Waals surface area contributed by atoms with Gasteiger partial charge in [-0.1, -0.05) is 6.58 Å². The Labute approximate surface area is 161 Å². The molecule has 1 heterocycles. The molecule has 3 rings (SSSR count). The summed E-state index contributed by atoms with van der Waals surface area (Å²) in [6, 6.07) is 13.2. The Morgan fingerprint density at radius 1 is 1.18 bits per heavy atom. The maximum Gasteiger partial charge on any atom is 0.334 e. The molecule has 1 N–H and O–H groups in total. The van der Waals surface area contributed by atoms with E-state index in [0.29, 0.717) is 29.9 Å². The second-order valence-electron chi connectivity index (χ2n) is 6.23. The highest BCUT2D eigenvalue weighted by atomic mass is 16.6. The number of esters is 1. The van der Waals surface area contributed by atoms with Gasteiger partial charge in [0.05, 0.1) is 22.0 Å². The number of carbonyl (C=O) groups excluding carboxylic acids is 1.